The lowest BCUT2D eigenvalue weighted by molar-refractivity contribution is 0.187. The highest BCUT2D eigenvalue weighted by Crippen LogP contribution is 2.33. The minimum absolute atomic E-state index is 0.469. The van der Waals surface area contributed by atoms with Gasteiger partial charge in [-0.05, 0) is 55.6 Å². The predicted octanol–water partition coefficient (Wildman–Crippen LogP) is 3.89. The van der Waals surface area contributed by atoms with Gasteiger partial charge in [-0.3, -0.25) is 0 Å². The number of methoxy groups -OCH3 is 1. The molecule has 1 heterocycles. The van der Waals surface area contributed by atoms with Crippen LogP contribution in [0.1, 0.15) is 17.4 Å². The molecule has 2 aromatic rings. The molecular formula is C12H10Br2O3. The molecule has 1 aromatic carbocycles. The molecule has 0 aliphatic rings. The van der Waals surface area contributed by atoms with Crippen molar-refractivity contribution in [3.8, 4) is 5.75 Å². The van der Waals surface area contributed by atoms with Crippen LogP contribution in [0, 0.1) is 0 Å². The summed E-state index contributed by atoms with van der Waals surface area (Å²) in [5.41, 5.74) is 0.720. The zero-order valence-corrected chi connectivity index (χ0v) is 12.2. The van der Waals surface area contributed by atoms with Crippen molar-refractivity contribution in [2.24, 2.45) is 0 Å². The maximum Gasteiger partial charge on any atom is 0.183 e. The fourth-order valence-electron chi connectivity index (χ4n) is 1.47. The third-order valence-electron chi connectivity index (χ3n) is 2.34. The molecule has 1 N–H and O–H groups in total. The van der Waals surface area contributed by atoms with Crippen LogP contribution >= 0.6 is 31.9 Å². The largest absolute Gasteiger partial charge is 0.497 e. The number of halogens is 2. The van der Waals surface area contributed by atoms with E-state index in [1.807, 2.05) is 18.2 Å². The highest BCUT2D eigenvalue weighted by molar-refractivity contribution is 9.13. The van der Waals surface area contributed by atoms with Crippen molar-refractivity contribution >= 4 is 31.9 Å². The van der Waals surface area contributed by atoms with E-state index in [0.29, 0.717) is 16.2 Å². The van der Waals surface area contributed by atoms with Gasteiger partial charge in [-0.1, -0.05) is 12.1 Å². The first-order valence-corrected chi connectivity index (χ1v) is 6.47. The number of benzene rings is 1. The van der Waals surface area contributed by atoms with Gasteiger partial charge in [0.1, 0.15) is 17.6 Å². The molecule has 0 bridgehead atoms. The topological polar surface area (TPSA) is 42.6 Å². The minimum Gasteiger partial charge on any atom is -0.497 e. The molecule has 0 aliphatic heterocycles. The summed E-state index contributed by atoms with van der Waals surface area (Å²) in [7, 11) is 1.59. The maximum absolute atomic E-state index is 10.2. The second-order valence-electron chi connectivity index (χ2n) is 3.45. The van der Waals surface area contributed by atoms with Crippen molar-refractivity contribution < 1.29 is 14.3 Å². The maximum atomic E-state index is 10.2. The van der Waals surface area contributed by atoms with Crippen LogP contribution < -0.4 is 4.74 Å². The molecular weight excluding hydrogens is 352 g/mol. The first-order valence-electron chi connectivity index (χ1n) is 4.88. The average molecular weight is 362 g/mol. The Labute approximate surface area is 116 Å². The Balaban J connectivity index is 2.32. The van der Waals surface area contributed by atoms with Gasteiger partial charge in [0.25, 0.3) is 0 Å². The Bertz CT molecular complexity index is 503. The minimum atomic E-state index is -0.812. The lowest BCUT2D eigenvalue weighted by Crippen LogP contribution is -1.98. The van der Waals surface area contributed by atoms with E-state index in [0.717, 1.165) is 10.0 Å². The van der Waals surface area contributed by atoms with Crippen LogP contribution in [0.5, 0.6) is 5.75 Å². The molecule has 17 heavy (non-hydrogen) atoms. The summed E-state index contributed by atoms with van der Waals surface area (Å²) >= 11 is 6.54. The second-order valence-corrected chi connectivity index (χ2v) is 5.02. The Morgan fingerprint density at radius 2 is 2.06 bits per heavy atom. The molecule has 0 aliphatic carbocycles. The molecule has 0 saturated heterocycles. The quantitative estimate of drug-likeness (QED) is 0.901. The first-order chi connectivity index (χ1) is 8.11. The summed E-state index contributed by atoms with van der Waals surface area (Å²) in [4.78, 5) is 0. The van der Waals surface area contributed by atoms with Crippen molar-refractivity contribution in [1.29, 1.82) is 0 Å². The number of rotatable bonds is 3. The summed E-state index contributed by atoms with van der Waals surface area (Å²) in [6.07, 6.45) is -0.812. The van der Waals surface area contributed by atoms with Crippen LogP contribution in [0.15, 0.2) is 43.9 Å². The zero-order valence-electron chi connectivity index (χ0n) is 8.98. The Morgan fingerprint density at radius 3 is 2.65 bits per heavy atom. The zero-order chi connectivity index (χ0) is 12.4. The molecule has 90 valence electrons. The highest BCUT2D eigenvalue weighted by Gasteiger charge is 2.17. The Kier molecular flexibility index (Phi) is 3.91. The van der Waals surface area contributed by atoms with Crippen molar-refractivity contribution in [3.63, 3.8) is 0 Å². The van der Waals surface area contributed by atoms with Gasteiger partial charge in [-0.15, -0.1) is 0 Å². The summed E-state index contributed by atoms with van der Waals surface area (Å²) < 4.78 is 11.8. The van der Waals surface area contributed by atoms with E-state index in [4.69, 9.17) is 9.15 Å². The van der Waals surface area contributed by atoms with Gasteiger partial charge in [0.05, 0.1) is 11.6 Å². The van der Waals surface area contributed by atoms with Crippen molar-refractivity contribution in [3.05, 3.63) is 50.8 Å². The molecule has 2 rings (SSSR count). The van der Waals surface area contributed by atoms with Gasteiger partial charge in [-0.25, -0.2) is 0 Å². The summed E-state index contributed by atoms with van der Waals surface area (Å²) in [5, 5.41) is 10.2. The summed E-state index contributed by atoms with van der Waals surface area (Å²) in [5.74, 6) is 1.17. The third kappa shape index (κ3) is 2.73. The summed E-state index contributed by atoms with van der Waals surface area (Å²) in [6.45, 7) is 0. The molecule has 5 heteroatoms. The molecule has 0 fully saturated rings. The molecule has 0 amide bonds. The van der Waals surface area contributed by atoms with Crippen LogP contribution in [-0.2, 0) is 0 Å². The first kappa shape index (κ1) is 12.7. The Morgan fingerprint density at radius 1 is 1.29 bits per heavy atom. The summed E-state index contributed by atoms with van der Waals surface area (Å²) in [6, 6.07) is 8.97. The normalized spacial score (nSPS) is 12.5. The molecule has 1 atom stereocenters. The monoisotopic (exact) mass is 360 g/mol. The fraction of sp³-hybridized carbons (Fsp3) is 0.167. The van der Waals surface area contributed by atoms with E-state index < -0.39 is 6.10 Å². The van der Waals surface area contributed by atoms with Gasteiger partial charge >= 0.3 is 0 Å². The van der Waals surface area contributed by atoms with Crippen molar-refractivity contribution in [2.45, 2.75) is 6.10 Å². The van der Waals surface area contributed by atoms with Crippen LogP contribution in [0.3, 0.4) is 0 Å². The second kappa shape index (κ2) is 5.25. The van der Waals surface area contributed by atoms with Crippen molar-refractivity contribution in [1.82, 2.24) is 0 Å². The van der Waals surface area contributed by atoms with Gasteiger partial charge in [-0.2, -0.15) is 0 Å². The highest BCUT2D eigenvalue weighted by atomic mass is 79.9. The standard InChI is InChI=1S/C12H10Br2O3/c1-16-8-4-2-3-7(5-8)11(15)10-6-9(13)12(14)17-10/h2-6,11,15H,1H3. The number of aliphatic hydroxyl groups excluding tert-OH is 1. The molecule has 0 radical (unpaired) electrons. The average Bonchev–Trinajstić information content (AvgIpc) is 2.69. The number of aliphatic hydroxyl groups is 1. The molecule has 1 unspecified atom stereocenters. The van der Waals surface area contributed by atoms with E-state index in [-0.39, 0.29) is 0 Å². The molecule has 0 saturated carbocycles. The van der Waals surface area contributed by atoms with Gasteiger partial charge in [0.15, 0.2) is 4.67 Å². The van der Waals surface area contributed by atoms with E-state index >= 15 is 0 Å². The number of ether oxygens (including phenoxy) is 1. The smallest absolute Gasteiger partial charge is 0.183 e. The predicted molar refractivity (Wildman–Crippen MR) is 71.2 cm³/mol. The number of hydrogen-bond donors (Lipinski definition) is 1. The third-order valence-corrected chi connectivity index (χ3v) is 4.05. The molecule has 1 aromatic heterocycles. The van der Waals surface area contributed by atoms with Gasteiger partial charge < -0.3 is 14.3 Å². The fourth-order valence-corrected chi connectivity index (χ4v) is 2.08. The van der Waals surface area contributed by atoms with E-state index in [9.17, 15) is 5.11 Å². The van der Waals surface area contributed by atoms with Gasteiger partial charge in [0.2, 0.25) is 0 Å². The van der Waals surface area contributed by atoms with Crippen molar-refractivity contribution in [2.75, 3.05) is 7.11 Å². The van der Waals surface area contributed by atoms with Gasteiger partial charge in [0, 0.05) is 0 Å². The Hall–Kier alpha value is -0.780. The van der Waals surface area contributed by atoms with Crippen LogP contribution in [0.25, 0.3) is 0 Å². The van der Waals surface area contributed by atoms with Crippen LogP contribution in [0.4, 0.5) is 0 Å². The SMILES string of the molecule is COc1cccc(C(O)c2cc(Br)c(Br)o2)c1. The molecule has 0 spiro atoms. The lowest BCUT2D eigenvalue weighted by Gasteiger charge is -2.09. The van der Waals surface area contributed by atoms with E-state index in [1.54, 1.807) is 19.2 Å². The number of furan rings is 1. The van der Waals surface area contributed by atoms with E-state index in [1.165, 1.54) is 0 Å². The van der Waals surface area contributed by atoms with Crippen LogP contribution in [-0.4, -0.2) is 12.2 Å². The number of hydrogen-bond acceptors (Lipinski definition) is 3. The van der Waals surface area contributed by atoms with Crippen LogP contribution in [0.2, 0.25) is 0 Å². The van der Waals surface area contributed by atoms with E-state index in [2.05, 4.69) is 31.9 Å². The molecule has 3 nitrogen and oxygen atoms in total. The lowest BCUT2D eigenvalue weighted by atomic mass is 10.1.